The highest BCUT2D eigenvalue weighted by Gasteiger charge is 2.69. The molecule has 0 aromatic heterocycles. The van der Waals surface area contributed by atoms with Crippen LogP contribution in [0.15, 0.2) is 24.3 Å². The van der Waals surface area contributed by atoms with Gasteiger partial charge < -0.3 is 9.47 Å². The topological polar surface area (TPSA) is 21.8 Å². The van der Waals surface area contributed by atoms with E-state index in [1.54, 1.807) is 7.11 Å². The number of ether oxygens (including phenoxy) is 2. The summed E-state index contributed by atoms with van der Waals surface area (Å²) in [6.07, 6.45) is 0.226. The lowest BCUT2D eigenvalue weighted by Crippen LogP contribution is -2.22. The first-order valence-corrected chi connectivity index (χ1v) is 3.71. The van der Waals surface area contributed by atoms with Gasteiger partial charge in [0, 0.05) is 12.7 Å². The van der Waals surface area contributed by atoms with Gasteiger partial charge in [-0.25, -0.2) is 0 Å². The molecule has 0 spiro atoms. The van der Waals surface area contributed by atoms with Crippen LogP contribution in [0, 0.1) is 0 Å². The van der Waals surface area contributed by atoms with Gasteiger partial charge in [0.1, 0.15) is 6.10 Å². The van der Waals surface area contributed by atoms with E-state index in [9.17, 15) is 0 Å². The van der Waals surface area contributed by atoms with Crippen LogP contribution in [-0.2, 0) is 15.3 Å². The van der Waals surface area contributed by atoms with Crippen molar-refractivity contribution >= 4 is 0 Å². The van der Waals surface area contributed by atoms with Gasteiger partial charge in [0.15, 0.2) is 0 Å². The Bertz CT molecular complexity index is 321. The second-order valence-electron chi connectivity index (χ2n) is 2.96. The van der Waals surface area contributed by atoms with E-state index in [1.165, 1.54) is 11.1 Å². The summed E-state index contributed by atoms with van der Waals surface area (Å²) in [5.74, 6) is -0.337. The molecule has 1 aliphatic carbocycles. The second-order valence-corrected chi connectivity index (χ2v) is 2.96. The number of epoxide rings is 1. The zero-order chi connectivity index (χ0) is 7.47. The molecule has 0 amide bonds. The van der Waals surface area contributed by atoms with Crippen LogP contribution in [0.25, 0.3) is 0 Å². The predicted octanol–water partition coefficient (Wildman–Crippen LogP) is 1.57. The van der Waals surface area contributed by atoms with Crippen LogP contribution in [0.4, 0.5) is 0 Å². The molecule has 11 heavy (non-hydrogen) atoms. The number of rotatable bonds is 1. The summed E-state index contributed by atoms with van der Waals surface area (Å²) < 4.78 is 10.7. The number of fused-ring (bicyclic) bond motifs is 4. The summed E-state index contributed by atoms with van der Waals surface area (Å²) in [6, 6.07) is 8.18. The van der Waals surface area contributed by atoms with E-state index in [0.29, 0.717) is 0 Å². The second kappa shape index (κ2) is 1.49. The Morgan fingerprint density at radius 2 is 2.27 bits per heavy atom. The lowest BCUT2D eigenvalue weighted by molar-refractivity contribution is -0.0179. The standard InChI is InChI=1S/C9H8O2/c1-10-9-7-5-3-2-4-6(7)8(9)11-9/h2-5,8H,1H3. The molecular formula is C9H8O2. The molecule has 1 saturated heterocycles. The molecule has 0 N–H and O–H groups in total. The highest BCUT2D eigenvalue weighted by atomic mass is 16.8. The zero-order valence-corrected chi connectivity index (χ0v) is 6.20. The molecule has 2 heteroatoms. The van der Waals surface area contributed by atoms with Crippen molar-refractivity contribution in [2.75, 3.05) is 7.11 Å². The van der Waals surface area contributed by atoms with Gasteiger partial charge in [-0.15, -0.1) is 0 Å². The first-order valence-electron chi connectivity index (χ1n) is 3.71. The lowest BCUT2D eigenvalue weighted by Gasteiger charge is -2.21. The SMILES string of the molecule is COC12OC1c1ccccc12. The average molecular weight is 148 g/mol. The molecule has 3 rings (SSSR count). The van der Waals surface area contributed by atoms with Gasteiger partial charge in [-0.2, -0.15) is 0 Å². The van der Waals surface area contributed by atoms with E-state index >= 15 is 0 Å². The molecule has 2 unspecified atom stereocenters. The number of hydrogen-bond acceptors (Lipinski definition) is 2. The Morgan fingerprint density at radius 3 is 3.09 bits per heavy atom. The Balaban J connectivity index is 2.17. The maximum absolute atomic E-state index is 5.41. The monoisotopic (exact) mass is 148 g/mol. The number of methoxy groups -OCH3 is 1. The third-order valence-electron chi connectivity index (χ3n) is 2.50. The summed E-state index contributed by atoms with van der Waals surface area (Å²) >= 11 is 0. The summed E-state index contributed by atoms with van der Waals surface area (Å²) in [7, 11) is 1.69. The molecule has 1 fully saturated rings. The molecule has 1 heterocycles. The first-order chi connectivity index (χ1) is 5.38. The van der Waals surface area contributed by atoms with E-state index < -0.39 is 0 Å². The Kier molecular flexibility index (Phi) is 0.780. The lowest BCUT2D eigenvalue weighted by atomic mass is 9.86. The maximum atomic E-state index is 5.41. The molecular weight excluding hydrogens is 140 g/mol. The minimum atomic E-state index is -0.337. The molecule has 1 aliphatic heterocycles. The van der Waals surface area contributed by atoms with Gasteiger partial charge in [0.2, 0.25) is 5.79 Å². The highest BCUT2D eigenvalue weighted by Crippen LogP contribution is 2.67. The Labute approximate surface area is 64.7 Å². The van der Waals surface area contributed by atoms with E-state index in [0.717, 1.165) is 0 Å². The van der Waals surface area contributed by atoms with Crippen molar-refractivity contribution in [1.29, 1.82) is 0 Å². The zero-order valence-electron chi connectivity index (χ0n) is 6.20. The van der Waals surface area contributed by atoms with Crippen molar-refractivity contribution in [2.45, 2.75) is 11.9 Å². The molecule has 0 bridgehead atoms. The van der Waals surface area contributed by atoms with E-state index in [2.05, 4.69) is 12.1 Å². The van der Waals surface area contributed by atoms with Crippen LogP contribution < -0.4 is 0 Å². The van der Waals surface area contributed by atoms with E-state index in [-0.39, 0.29) is 11.9 Å². The third-order valence-corrected chi connectivity index (χ3v) is 2.50. The summed E-state index contributed by atoms with van der Waals surface area (Å²) in [5.41, 5.74) is 2.49. The van der Waals surface area contributed by atoms with Gasteiger partial charge in [0.25, 0.3) is 0 Å². The average Bonchev–Trinajstić information content (AvgIpc) is 2.71. The van der Waals surface area contributed by atoms with Gasteiger partial charge in [0.05, 0.1) is 0 Å². The first kappa shape index (κ1) is 5.75. The third kappa shape index (κ3) is 0.451. The van der Waals surface area contributed by atoms with Crippen LogP contribution in [0.3, 0.4) is 0 Å². The van der Waals surface area contributed by atoms with Crippen LogP contribution in [0.5, 0.6) is 0 Å². The van der Waals surface area contributed by atoms with Gasteiger partial charge >= 0.3 is 0 Å². The van der Waals surface area contributed by atoms with E-state index in [4.69, 9.17) is 9.47 Å². The van der Waals surface area contributed by atoms with Crippen molar-refractivity contribution in [3.05, 3.63) is 35.4 Å². The van der Waals surface area contributed by atoms with Crippen molar-refractivity contribution in [1.82, 2.24) is 0 Å². The Morgan fingerprint density at radius 1 is 1.45 bits per heavy atom. The fourth-order valence-corrected chi connectivity index (χ4v) is 1.84. The summed E-state index contributed by atoms with van der Waals surface area (Å²) in [4.78, 5) is 0. The molecule has 0 saturated carbocycles. The van der Waals surface area contributed by atoms with Gasteiger partial charge in [-0.05, 0) is 5.56 Å². The maximum Gasteiger partial charge on any atom is 0.227 e. The number of benzene rings is 1. The van der Waals surface area contributed by atoms with Crippen LogP contribution >= 0.6 is 0 Å². The fraction of sp³-hybridized carbons (Fsp3) is 0.333. The summed E-state index contributed by atoms with van der Waals surface area (Å²) in [5, 5.41) is 0. The molecule has 1 aromatic carbocycles. The minimum absolute atomic E-state index is 0.226. The van der Waals surface area contributed by atoms with Crippen molar-refractivity contribution in [3.63, 3.8) is 0 Å². The highest BCUT2D eigenvalue weighted by molar-refractivity contribution is 5.49. The predicted molar refractivity (Wildman–Crippen MR) is 39.0 cm³/mol. The quantitative estimate of drug-likeness (QED) is 0.564. The van der Waals surface area contributed by atoms with Crippen LogP contribution in [0.2, 0.25) is 0 Å². The molecule has 2 aliphatic rings. The fourth-order valence-electron chi connectivity index (χ4n) is 1.84. The van der Waals surface area contributed by atoms with Crippen LogP contribution in [-0.4, -0.2) is 7.11 Å². The minimum Gasteiger partial charge on any atom is -0.347 e. The largest absolute Gasteiger partial charge is 0.347 e. The van der Waals surface area contributed by atoms with Crippen molar-refractivity contribution in [2.24, 2.45) is 0 Å². The molecule has 56 valence electrons. The van der Waals surface area contributed by atoms with Crippen molar-refractivity contribution < 1.29 is 9.47 Å². The van der Waals surface area contributed by atoms with Crippen molar-refractivity contribution in [3.8, 4) is 0 Å². The molecule has 1 aromatic rings. The smallest absolute Gasteiger partial charge is 0.227 e. The Hall–Kier alpha value is -0.860. The normalized spacial score (nSPS) is 37.0. The molecule has 0 radical (unpaired) electrons. The molecule has 2 nitrogen and oxygen atoms in total. The van der Waals surface area contributed by atoms with Gasteiger partial charge in [-0.1, -0.05) is 24.3 Å². The van der Waals surface area contributed by atoms with E-state index in [1.807, 2.05) is 12.1 Å². The number of hydrogen-bond donors (Lipinski definition) is 0. The van der Waals surface area contributed by atoms with Crippen LogP contribution in [0.1, 0.15) is 17.2 Å². The van der Waals surface area contributed by atoms with Gasteiger partial charge in [-0.3, -0.25) is 0 Å². The summed E-state index contributed by atoms with van der Waals surface area (Å²) in [6.45, 7) is 0. The molecule has 2 atom stereocenters.